The smallest absolute Gasteiger partial charge is 0.408 e. The van der Waals surface area contributed by atoms with Gasteiger partial charge in [0.1, 0.15) is 18.4 Å². The Bertz CT molecular complexity index is 1560. The first-order chi connectivity index (χ1) is 19.1. The summed E-state index contributed by atoms with van der Waals surface area (Å²) >= 11 is 1.45. The number of rotatable bonds is 10. The molecule has 0 radical (unpaired) electrons. The molecule has 5 rings (SSSR count). The normalized spacial score (nSPS) is 11.9. The molecule has 0 fully saturated rings. The Hall–Kier alpha value is -4.90. The molecule has 0 saturated carbocycles. The van der Waals surface area contributed by atoms with E-state index in [1.54, 1.807) is 18.5 Å². The molecule has 39 heavy (non-hydrogen) atoms. The second-order valence-electron chi connectivity index (χ2n) is 8.36. The summed E-state index contributed by atoms with van der Waals surface area (Å²) < 4.78 is 11.1. The maximum Gasteiger partial charge on any atom is 0.408 e. The molecule has 11 heteroatoms. The van der Waals surface area contributed by atoms with Gasteiger partial charge in [-0.25, -0.2) is 15.2 Å². The number of hydrogen-bond donors (Lipinski definition) is 3. The number of nitrogens with zero attached hydrogens (tertiary/aromatic N) is 3. The number of alkyl carbamates (subject to hydrolysis) is 1. The molecule has 3 N–H and O–H groups in total. The topological polar surface area (TPSA) is 134 Å². The van der Waals surface area contributed by atoms with E-state index in [-0.39, 0.29) is 13.0 Å². The molecule has 0 aliphatic rings. The van der Waals surface area contributed by atoms with E-state index < -0.39 is 18.0 Å². The lowest BCUT2D eigenvalue weighted by Gasteiger charge is -2.16. The molecular weight excluding hydrogens is 516 g/mol. The molecule has 1 atom stereocenters. The number of imidazole rings is 1. The van der Waals surface area contributed by atoms with Gasteiger partial charge in [-0.2, -0.15) is 5.10 Å². The van der Waals surface area contributed by atoms with Crippen LogP contribution in [0.3, 0.4) is 0 Å². The Morgan fingerprint density at radius 2 is 1.95 bits per heavy atom. The largest absolute Gasteiger partial charge is 0.448 e. The van der Waals surface area contributed by atoms with Crippen LogP contribution in [0.15, 0.2) is 111 Å². The van der Waals surface area contributed by atoms with Crippen LogP contribution in [-0.4, -0.2) is 39.2 Å². The highest BCUT2D eigenvalue weighted by Gasteiger charge is 2.22. The van der Waals surface area contributed by atoms with Crippen molar-refractivity contribution in [2.75, 3.05) is 0 Å². The van der Waals surface area contributed by atoms with Crippen molar-refractivity contribution in [3.05, 3.63) is 109 Å². The van der Waals surface area contributed by atoms with Crippen LogP contribution >= 0.6 is 11.8 Å². The Morgan fingerprint density at radius 3 is 2.79 bits per heavy atom. The number of furan rings is 1. The first-order valence-corrected chi connectivity index (χ1v) is 12.8. The van der Waals surface area contributed by atoms with Crippen LogP contribution in [0.25, 0.3) is 10.9 Å². The predicted octanol–water partition coefficient (Wildman–Crippen LogP) is 4.69. The summed E-state index contributed by atoms with van der Waals surface area (Å²) in [5, 5.41) is 8.29. The van der Waals surface area contributed by atoms with Gasteiger partial charge in [0.2, 0.25) is 0 Å². The molecule has 0 saturated heterocycles. The van der Waals surface area contributed by atoms with Gasteiger partial charge in [0.25, 0.3) is 5.91 Å². The predicted molar refractivity (Wildman–Crippen MR) is 146 cm³/mol. The van der Waals surface area contributed by atoms with Gasteiger partial charge in [-0.3, -0.25) is 9.78 Å². The molecule has 3 aromatic heterocycles. The highest BCUT2D eigenvalue weighted by molar-refractivity contribution is 7.99. The van der Waals surface area contributed by atoms with E-state index in [1.165, 1.54) is 24.3 Å². The van der Waals surface area contributed by atoms with E-state index in [0.29, 0.717) is 16.5 Å². The van der Waals surface area contributed by atoms with Crippen molar-refractivity contribution >= 4 is 40.9 Å². The number of fused-ring (bicyclic) bond motifs is 1. The SMILES string of the molecule is O=C(N[C@@H](Cc1cnc[nH]1)C(=O)N/N=C\c1ccc(Sc2cccc3cccnc23)o1)OCc1ccccc1. The van der Waals surface area contributed by atoms with Crippen molar-refractivity contribution in [2.45, 2.75) is 29.1 Å². The third-order valence-electron chi connectivity index (χ3n) is 5.58. The number of nitrogens with one attached hydrogen (secondary N) is 3. The lowest BCUT2D eigenvalue weighted by atomic mass is 10.1. The van der Waals surface area contributed by atoms with Gasteiger partial charge in [0, 0.05) is 34.8 Å². The molecule has 0 spiro atoms. The van der Waals surface area contributed by atoms with Gasteiger partial charge >= 0.3 is 6.09 Å². The first kappa shape index (κ1) is 25.7. The van der Waals surface area contributed by atoms with Crippen molar-refractivity contribution in [1.82, 2.24) is 25.7 Å². The van der Waals surface area contributed by atoms with Crippen LogP contribution < -0.4 is 10.7 Å². The maximum absolute atomic E-state index is 12.9. The quantitative estimate of drug-likeness (QED) is 0.173. The minimum absolute atomic E-state index is 0.0803. The number of hydrazone groups is 1. The van der Waals surface area contributed by atoms with E-state index in [2.05, 4.69) is 30.8 Å². The van der Waals surface area contributed by atoms with E-state index in [0.717, 1.165) is 21.4 Å². The summed E-state index contributed by atoms with van der Waals surface area (Å²) in [4.78, 5) is 37.6. The van der Waals surface area contributed by atoms with Crippen LogP contribution in [0, 0.1) is 0 Å². The number of carbonyl (C=O) groups excluding carboxylic acids is 2. The summed E-state index contributed by atoms with van der Waals surface area (Å²) in [5.41, 5.74) is 4.84. The molecule has 10 nitrogen and oxygen atoms in total. The Morgan fingerprint density at radius 1 is 1.08 bits per heavy atom. The zero-order valence-corrected chi connectivity index (χ0v) is 21.4. The molecule has 0 aliphatic heterocycles. The third-order valence-corrected chi connectivity index (χ3v) is 6.55. The second kappa shape index (κ2) is 12.6. The van der Waals surface area contributed by atoms with Crippen molar-refractivity contribution in [3.63, 3.8) is 0 Å². The molecule has 2 amide bonds. The Labute approximate surface area is 227 Å². The lowest BCUT2D eigenvalue weighted by molar-refractivity contribution is -0.123. The fourth-order valence-electron chi connectivity index (χ4n) is 3.70. The summed E-state index contributed by atoms with van der Waals surface area (Å²) in [6.45, 7) is 0.0803. The number of H-pyrrole nitrogens is 1. The number of ether oxygens (including phenoxy) is 1. The molecule has 0 unspecified atom stereocenters. The minimum Gasteiger partial charge on any atom is -0.448 e. The zero-order valence-electron chi connectivity index (χ0n) is 20.6. The van der Waals surface area contributed by atoms with Gasteiger partial charge in [0.15, 0.2) is 5.09 Å². The summed E-state index contributed by atoms with van der Waals surface area (Å²) in [6.07, 6.45) is 5.67. The molecular formula is C28H24N6O4S. The van der Waals surface area contributed by atoms with Crippen molar-refractivity contribution in [2.24, 2.45) is 5.10 Å². The average molecular weight is 541 g/mol. The van der Waals surface area contributed by atoms with Gasteiger partial charge in [-0.1, -0.05) is 48.5 Å². The highest BCUT2D eigenvalue weighted by atomic mass is 32.2. The standard InChI is InChI=1S/C28H24N6O4S/c35-27(23(14-21-15-29-18-31-21)33-28(36)37-17-19-6-2-1-3-7-19)34-32-16-22-11-12-25(38-22)39-24-10-4-8-20-9-5-13-30-26(20)24/h1-13,15-16,18,23H,14,17H2,(H,29,31)(H,33,36)(H,34,35)/b32-16-/t23-/m0/s1. The molecule has 2 aromatic carbocycles. The molecule has 3 heterocycles. The minimum atomic E-state index is -0.951. The fraction of sp³-hybridized carbons (Fsp3) is 0.107. The average Bonchev–Trinajstić information content (AvgIpc) is 3.64. The second-order valence-corrected chi connectivity index (χ2v) is 9.41. The number of benzene rings is 2. The van der Waals surface area contributed by atoms with Gasteiger partial charge in [0.05, 0.1) is 18.1 Å². The summed E-state index contributed by atoms with van der Waals surface area (Å²) in [5.74, 6) is -0.0770. The number of hydrogen-bond acceptors (Lipinski definition) is 8. The van der Waals surface area contributed by atoms with Crippen LogP contribution in [0.2, 0.25) is 0 Å². The van der Waals surface area contributed by atoms with Crippen LogP contribution in [0.4, 0.5) is 4.79 Å². The monoisotopic (exact) mass is 540 g/mol. The number of para-hydroxylation sites is 1. The molecule has 5 aromatic rings. The molecule has 196 valence electrons. The van der Waals surface area contributed by atoms with E-state index in [1.807, 2.05) is 66.7 Å². The van der Waals surface area contributed by atoms with Crippen LogP contribution in [0.1, 0.15) is 17.0 Å². The van der Waals surface area contributed by atoms with E-state index >= 15 is 0 Å². The number of aromatic nitrogens is 3. The van der Waals surface area contributed by atoms with Gasteiger partial charge in [-0.15, -0.1) is 0 Å². The third kappa shape index (κ3) is 7.11. The fourth-order valence-corrected chi connectivity index (χ4v) is 4.60. The summed E-state index contributed by atoms with van der Waals surface area (Å²) in [6, 6.07) is 21.7. The highest BCUT2D eigenvalue weighted by Crippen LogP contribution is 2.33. The van der Waals surface area contributed by atoms with Crippen LogP contribution in [-0.2, 0) is 22.6 Å². The number of carbonyl (C=O) groups is 2. The van der Waals surface area contributed by atoms with Crippen molar-refractivity contribution < 1.29 is 18.7 Å². The van der Waals surface area contributed by atoms with E-state index in [9.17, 15) is 9.59 Å². The molecule has 0 bridgehead atoms. The summed E-state index contributed by atoms with van der Waals surface area (Å²) in [7, 11) is 0. The zero-order chi connectivity index (χ0) is 26.9. The first-order valence-electron chi connectivity index (χ1n) is 12.0. The van der Waals surface area contributed by atoms with Gasteiger partial charge < -0.3 is 19.5 Å². The van der Waals surface area contributed by atoms with Crippen molar-refractivity contribution in [1.29, 1.82) is 0 Å². The maximum atomic E-state index is 12.9. The lowest BCUT2D eigenvalue weighted by Crippen LogP contribution is -2.47. The van der Waals surface area contributed by atoms with E-state index in [4.69, 9.17) is 9.15 Å². The van der Waals surface area contributed by atoms with Crippen molar-refractivity contribution in [3.8, 4) is 0 Å². The Balaban J connectivity index is 1.18. The van der Waals surface area contributed by atoms with Crippen LogP contribution in [0.5, 0.6) is 0 Å². The Kier molecular flexibility index (Phi) is 8.29. The number of amides is 2. The number of pyridine rings is 1. The molecule has 0 aliphatic carbocycles. The van der Waals surface area contributed by atoms with Gasteiger partial charge in [-0.05, 0) is 41.6 Å². The number of aromatic amines is 1.